The molecule has 0 radical (unpaired) electrons. The second-order valence-electron chi connectivity index (χ2n) is 5.98. The van der Waals surface area contributed by atoms with Gasteiger partial charge in [-0.1, -0.05) is 11.3 Å². The maximum absolute atomic E-state index is 12.9. The Morgan fingerprint density at radius 2 is 2.00 bits per heavy atom. The number of carbonyl (C=O) groups excluding carboxylic acids is 2. The van der Waals surface area contributed by atoms with Gasteiger partial charge in [-0.25, -0.2) is 4.39 Å². The van der Waals surface area contributed by atoms with Gasteiger partial charge in [0, 0.05) is 11.7 Å². The van der Waals surface area contributed by atoms with Crippen molar-refractivity contribution in [1.82, 2.24) is 20.4 Å². The maximum atomic E-state index is 12.9. The molecule has 0 aliphatic heterocycles. The number of carbonyl (C=O) groups is 2. The third kappa shape index (κ3) is 5.30. The van der Waals surface area contributed by atoms with Gasteiger partial charge in [0.15, 0.2) is 0 Å². The standard InChI is InChI=1S/C16H18FN5O2S/c1-22(8-13(23)18-11-6-7-11)9-14-20-21-16(25-14)15(24)19-12-4-2-10(17)3-5-12/h2-5,11H,6-9H2,1H3,(H,18,23)(H,19,24). The minimum absolute atomic E-state index is 0.0104. The minimum atomic E-state index is -0.399. The average Bonchev–Trinajstić information content (AvgIpc) is 3.24. The molecule has 2 aromatic rings. The molecule has 0 unspecified atom stereocenters. The number of aromatic nitrogens is 2. The van der Waals surface area contributed by atoms with Crippen LogP contribution >= 0.6 is 11.3 Å². The molecule has 1 saturated carbocycles. The summed E-state index contributed by atoms with van der Waals surface area (Å²) >= 11 is 1.16. The zero-order valence-corrected chi connectivity index (χ0v) is 14.5. The molecule has 1 aromatic heterocycles. The van der Waals surface area contributed by atoms with E-state index >= 15 is 0 Å². The summed E-state index contributed by atoms with van der Waals surface area (Å²) in [6.45, 7) is 0.701. The molecule has 0 saturated heterocycles. The Balaban J connectivity index is 1.51. The molecule has 0 atom stereocenters. The molecule has 1 fully saturated rings. The van der Waals surface area contributed by atoms with Gasteiger partial charge in [-0.15, -0.1) is 10.2 Å². The first kappa shape index (κ1) is 17.4. The van der Waals surface area contributed by atoms with Crippen LogP contribution in [0.15, 0.2) is 24.3 Å². The van der Waals surface area contributed by atoms with Gasteiger partial charge in [-0.05, 0) is 44.2 Å². The van der Waals surface area contributed by atoms with E-state index in [9.17, 15) is 14.0 Å². The summed E-state index contributed by atoms with van der Waals surface area (Å²) in [6, 6.07) is 5.82. The predicted octanol–water partition coefficient (Wildman–Crippen LogP) is 1.64. The monoisotopic (exact) mass is 363 g/mol. The van der Waals surface area contributed by atoms with E-state index in [0.29, 0.717) is 23.3 Å². The highest BCUT2D eigenvalue weighted by atomic mass is 32.1. The van der Waals surface area contributed by atoms with E-state index < -0.39 is 5.91 Å². The number of hydrogen-bond acceptors (Lipinski definition) is 6. The molecule has 0 bridgehead atoms. The number of anilines is 1. The summed E-state index contributed by atoms with van der Waals surface area (Å²) in [6.07, 6.45) is 2.11. The number of likely N-dealkylation sites (N-methyl/N-ethyl adjacent to an activating group) is 1. The fourth-order valence-corrected chi connectivity index (χ4v) is 2.98. The first-order valence-corrected chi connectivity index (χ1v) is 8.68. The number of nitrogens with one attached hydrogen (secondary N) is 2. The predicted molar refractivity (Wildman–Crippen MR) is 91.8 cm³/mol. The molecule has 0 spiro atoms. The number of halogens is 1. The SMILES string of the molecule is CN(CC(=O)NC1CC1)Cc1nnc(C(=O)Nc2ccc(F)cc2)s1. The maximum Gasteiger partial charge on any atom is 0.286 e. The molecule has 1 aliphatic rings. The summed E-state index contributed by atoms with van der Waals surface area (Å²) < 4.78 is 12.9. The van der Waals surface area contributed by atoms with Crippen molar-refractivity contribution in [2.45, 2.75) is 25.4 Å². The Labute approximate surface area is 148 Å². The van der Waals surface area contributed by atoms with Crippen LogP contribution in [-0.2, 0) is 11.3 Å². The van der Waals surface area contributed by atoms with Crippen molar-refractivity contribution < 1.29 is 14.0 Å². The lowest BCUT2D eigenvalue weighted by atomic mass is 10.3. The zero-order chi connectivity index (χ0) is 17.8. The van der Waals surface area contributed by atoms with Crippen molar-refractivity contribution in [2.75, 3.05) is 18.9 Å². The molecule has 25 heavy (non-hydrogen) atoms. The van der Waals surface area contributed by atoms with Crippen molar-refractivity contribution >= 4 is 28.8 Å². The Bertz CT molecular complexity index is 760. The lowest BCUT2D eigenvalue weighted by molar-refractivity contribution is -0.122. The first-order valence-electron chi connectivity index (χ1n) is 7.87. The highest BCUT2D eigenvalue weighted by Crippen LogP contribution is 2.18. The van der Waals surface area contributed by atoms with E-state index in [2.05, 4.69) is 20.8 Å². The molecule has 9 heteroatoms. The van der Waals surface area contributed by atoms with Crippen LogP contribution in [0.25, 0.3) is 0 Å². The van der Waals surface area contributed by atoms with Crippen molar-refractivity contribution in [3.8, 4) is 0 Å². The second kappa shape index (κ2) is 7.66. The van der Waals surface area contributed by atoms with E-state index in [1.54, 1.807) is 0 Å². The van der Waals surface area contributed by atoms with Gasteiger partial charge >= 0.3 is 0 Å². The molecule has 7 nitrogen and oxygen atoms in total. The second-order valence-corrected chi connectivity index (χ2v) is 7.04. The lowest BCUT2D eigenvalue weighted by Crippen LogP contribution is -2.35. The van der Waals surface area contributed by atoms with Crippen LogP contribution < -0.4 is 10.6 Å². The van der Waals surface area contributed by atoms with Crippen molar-refractivity contribution in [3.63, 3.8) is 0 Å². The van der Waals surface area contributed by atoms with Crippen LogP contribution in [0.1, 0.15) is 27.7 Å². The average molecular weight is 363 g/mol. The first-order chi connectivity index (χ1) is 12.0. The van der Waals surface area contributed by atoms with E-state index in [4.69, 9.17) is 0 Å². The normalized spacial score (nSPS) is 13.7. The zero-order valence-electron chi connectivity index (χ0n) is 13.7. The lowest BCUT2D eigenvalue weighted by Gasteiger charge is -2.13. The van der Waals surface area contributed by atoms with Crippen LogP contribution in [0.3, 0.4) is 0 Å². The number of rotatable bonds is 7. The smallest absolute Gasteiger partial charge is 0.286 e. The Kier molecular flexibility index (Phi) is 5.34. The van der Waals surface area contributed by atoms with Crippen LogP contribution in [0.5, 0.6) is 0 Å². The van der Waals surface area contributed by atoms with Crippen LogP contribution in [0, 0.1) is 5.82 Å². The fraction of sp³-hybridized carbons (Fsp3) is 0.375. The van der Waals surface area contributed by atoms with Crippen molar-refractivity contribution in [1.29, 1.82) is 0 Å². The third-order valence-corrected chi connectivity index (χ3v) is 4.43. The Hall–Kier alpha value is -2.39. The Morgan fingerprint density at radius 1 is 1.28 bits per heavy atom. The largest absolute Gasteiger partial charge is 0.352 e. The highest BCUT2D eigenvalue weighted by molar-refractivity contribution is 7.13. The van der Waals surface area contributed by atoms with Crippen molar-refractivity contribution in [2.24, 2.45) is 0 Å². The summed E-state index contributed by atoms with van der Waals surface area (Å²) in [4.78, 5) is 25.7. The molecule has 1 heterocycles. The topological polar surface area (TPSA) is 87.2 Å². The van der Waals surface area contributed by atoms with Crippen molar-refractivity contribution in [3.05, 3.63) is 40.1 Å². The number of amides is 2. The molecular weight excluding hydrogens is 345 g/mol. The van der Waals surface area contributed by atoms with E-state index in [1.807, 2.05) is 11.9 Å². The molecular formula is C16H18FN5O2S. The van der Waals surface area contributed by atoms with Gasteiger partial charge in [0.1, 0.15) is 10.8 Å². The quantitative estimate of drug-likeness (QED) is 0.781. The van der Waals surface area contributed by atoms with E-state index in [1.165, 1.54) is 24.3 Å². The highest BCUT2D eigenvalue weighted by Gasteiger charge is 2.23. The number of benzene rings is 1. The van der Waals surface area contributed by atoms with Gasteiger partial charge in [0.2, 0.25) is 10.9 Å². The summed E-state index contributed by atoms with van der Waals surface area (Å²) in [5, 5.41) is 14.3. The molecule has 132 valence electrons. The fourth-order valence-electron chi connectivity index (χ4n) is 2.16. The van der Waals surface area contributed by atoms with Crippen LogP contribution in [0.2, 0.25) is 0 Å². The van der Waals surface area contributed by atoms with Crippen LogP contribution in [0.4, 0.5) is 10.1 Å². The van der Waals surface area contributed by atoms with Gasteiger partial charge in [-0.3, -0.25) is 14.5 Å². The Morgan fingerprint density at radius 3 is 2.68 bits per heavy atom. The van der Waals surface area contributed by atoms with Gasteiger partial charge in [-0.2, -0.15) is 0 Å². The summed E-state index contributed by atoms with van der Waals surface area (Å²) in [5.74, 6) is -0.779. The summed E-state index contributed by atoms with van der Waals surface area (Å²) in [7, 11) is 1.81. The van der Waals surface area contributed by atoms with E-state index in [0.717, 1.165) is 24.2 Å². The molecule has 2 amide bonds. The van der Waals surface area contributed by atoms with Gasteiger partial charge in [0.25, 0.3) is 5.91 Å². The van der Waals surface area contributed by atoms with Gasteiger partial charge in [0.05, 0.1) is 13.1 Å². The third-order valence-electron chi connectivity index (χ3n) is 3.52. The molecule has 1 aromatic carbocycles. The van der Waals surface area contributed by atoms with E-state index in [-0.39, 0.29) is 23.3 Å². The molecule has 1 aliphatic carbocycles. The molecule has 3 rings (SSSR count). The minimum Gasteiger partial charge on any atom is -0.352 e. The number of hydrogen-bond donors (Lipinski definition) is 2. The number of nitrogens with zero attached hydrogens (tertiary/aromatic N) is 3. The molecule has 2 N–H and O–H groups in total. The van der Waals surface area contributed by atoms with Gasteiger partial charge < -0.3 is 10.6 Å². The van der Waals surface area contributed by atoms with Crippen LogP contribution in [-0.4, -0.2) is 46.5 Å². The summed E-state index contributed by atoms with van der Waals surface area (Å²) in [5.41, 5.74) is 0.483.